The van der Waals surface area contributed by atoms with Crippen molar-refractivity contribution < 1.29 is 4.42 Å². The second-order valence-electron chi connectivity index (χ2n) is 3.54. The third-order valence-corrected chi connectivity index (χ3v) is 2.63. The van der Waals surface area contributed by atoms with Crippen LogP contribution in [-0.4, -0.2) is 4.98 Å². The lowest BCUT2D eigenvalue weighted by Crippen LogP contribution is -1.96. The molecule has 1 aromatic carbocycles. The van der Waals surface area contributed by atoms with Crippen molar-refractivity contribution in [1.29, 1.82) is 0 Å². The molecule has 2 rings (SSSR count). The van der Waals surface area contributed by atoms with Gasteiger partial charge in [-0.2, -0.15) is 0 Å². The molecule has 74 valence electrons. The number of rotatable bonds is 2. The minimum atomic E-state index is -0.379. The summed E-state index contributed by atoms with van der Waals surface area (Å²) in [6.45, 7) is 4.27. The molecule has 0 fully saturated rings. The summed E-state index contributed by atoms with van der Waals surface area (Å²) < 4.78 is 4.99. The van der Waals surface area contributed by atoms with E-state index in [0.29, 0.717) is 11.5 Å². The smallest absolute Gasteiger partial charge is 0.408 e. The van der Waals surface area contributed by atoms with Gasteiger partial charge in [0.15, 0.2) is 5.58 Å². The van der Waals surface area contributed by atoms with Crippen molar-refractivity contribution in [3.8, 4) is 0 Å². The third-order valence-electron chi connectivity index (χ3n) is 2.63. The van der Waals surface area contributed by atoms with Gasteiger partial charge in [-0.3, -0.25) is 4.98 Å². The number of aromatic amines is 1. The van der Waals surface area contributed by atoms with Crippen LogP contribution in [0.3, 0.4) is 0 Å². The van der Waals surface area contributed by atoms with Gasteiger partial charge in [-0.1, -0.05) is 26.0 Å². The Morgan fingerprint density at radius 2 is 2.29 bits per heavy atom. The van der Waals surface area contributed by atoms with Gasteiger partial charge in [0.25, 0.3) is 0 Å². The van der Waals surface area contributed by atoms with Gasteiger partial charge in [0, 0.05) is 0 Å². The molecule has 0 radical (unpaired) electrons. The molecular weight excluding hydrogens is 178 g/mol. The average molecular weight is 191 g/mol. The average Bonchev–Trinajstić information content (AvgIpc) is 2.56. The second-order valence-corrected chi connectivity index (χ2v) is 3.54. The molecule has 3 heteroatoms. The van der Waals surface area contributed by atoms with Crippen molar-refractivity contribution in [3.05, 3.63) is 34.3 Å². The van der Waals surface area contributed by atoms with E-state index in [-0.39, 0.29) is 5.76 Å². The lowest BCUT2D eigenvalue weighted by atomic mass is 9.98. The van der Waals surface area contributed by atoms with Gasteiger partial charge in [0.1, 0.15) is 0 Å². The molecule has 0 amide bonds. The standard InChI is InChI=1S/C11H13NO2/c1-3-7(2)8-5-4-6-9-10(8)12-11(13)14-9/h4-7H,3H2,1-2H3,(H,12,13). The van der Waals surface area contributed by atoms with Crippen LogP contribution in [0, 0.1) is 0 Å². The van der Waals surface area contributed by atoms with E-state index >= 15 is 0 Å². The first-order valence-corrected chi connectivity index (χ1v) is 4.84. The lowest BCUT2D eigenvalue weighted by Gasteiger charge is -2.08. The fourth-order valence-corrected chi connectivity index (χ4v) is 1.62. The van der Waals surface area contributed by atoms with Crippen LogP contribution in [-0.2, 0) is 0 Å². The zero-order chi connectivity index (χ0) is 10.1. The van der Waals surface area contributed by atoms with Crippen LogP contribution in [0.25, 0.3) is 11.1 Å². The van der Waals surface area contributed by atoms with E-state index < -0.39 is 0 Å². The van der Waals surface area contributed by atoms with Crippen molar-refractivity contribution in [1.82, 2.24) is 4.98 Å². The maximum absolute atomic E-state index is 11.0. The molecule has 1 atom stereocenters. The number of aromatic nitrogens is 1. The van der Waals surface area contributed by atoms with E-state index in [1.807, 2.05) is 12.1 Å². The van der Waals surface area contributed by atoms with Crippen LogP contribution in [0.15, 0.2) is 27.4 Å². The molecule has 1 unspecified atom stereocenters. The lowest BCUT2D eigenvalue weighted by molar-refractivity contribution is 0.555. The topological polar surface area (TPSA) is 46.0 Å². The summed E-state index contributed by atoms with van der Waals surface area (Å²) in [6, 6.07) is 5.75. The highest BCUT2D eigenvalue weighted by Crippen LogP contribution is 2.25. The number of nitrogens with one attached hydrogen (secondary N) is 1. The highest BCUT2D eigenvalue weighted by molar-refractivity contribution is 5.76. The van der Waals surface area contributed by atoms with Gasteiger partial charge >= 0.3 is 5.76 Å². The van der Waals surface area contributed by atoms with Gasteiger partial charge in [-0.25, -0.2) is 4.79 Å². The van der Waals surface area contributed by atoms with Crippen LogP contribution < -0.4 is 5.76 Å². The van der Waals surface area contributed by atoms with Crippen LogP contribution in [0.4, 0.5) is 0 Å². The molecule has 0 saturated heterocycles. The first-order chi connectivity index (χ1) is 6.72. The molecule has 0 aliphatic heterocycles. The SMILES string of the molecule is CCC(C)c1cccc2oc(=O)[nH]c12. The summed E-state index contributed by atoms with van der Waals surface area (Å²) in [7, 11) is 0. The molecule has 1 aromatic heterocycles. The Bertz CT molecular complexity index is 495. The molecule has 0 bridgehead atoms. The number of benzene rings is 1. The van der Waals surface area contributed by atoms with E-state index in [9.17, 15) is 4.79 Å². The zero-order valence-electron chi connectivity index (χ0n) is 8.33. The Morgan fingerprint density at radius 3 is 3.00 bits per heavy atom. The van der Waals surface area contributed by atoms with Gasteiger partial charge in [0.2, 0.25) is 0 Å². The van der Waals surface area contributed by atoms with Crippen LogP contribution in [0.2, 0.25) is 0 Å². The number of hydrogen-bond acceptors (Lipinski definition) is 2. The number of para-hydroxylation sites is 1. The van der Waals surface area contributed by atoms with Crippen molar-refractivity contribution in [2.45, 2.75) is 26.2 Å². The maximum atomic E-state index is 11.0. The Kier molecular flexibility index (Phi) is 2.15. The highest BCUT2D eigenvalue weighted by atomic mass is 16.4. The first-order valence-electron chi connectivity index (χ1n) is 4.84. The minimum absolute atomic E-state index is 0.379. The number of hydrogen-bond donors (Lipinski definition) is 1. The molecule has 1 heterocycles. The number of H-pyrrole nitrogens is 1. The van der Waals surface area contributed by atoms with Gasteiger partial charge in [-0.05, 0) is 24.0 Å². The summed E-state index contributed by atoms with van der Waals surface area (Å²) in [4.78, 5) is 13.7. The fourth-order valence-electron chi connectivity index (χ4n) is 1.62. The summed E-state index contributed by atoms with van der Waals surface area (Å²) in [5, 5.41) is 0. The Hall–Kier alpha value is -1.51. The van der Waals surface area contributed by atoms with Crippen molar-refractivity contribution in [2.24, 2.45) is 0 Å². The summed E-state index contributed by atoms with van der Waals surface area (Å²) in [5.41, 5.74) is 2.63. The van der Waals surface area contributed by atoms with E-state index in [1.165, 1.54) is 0 Å². The van der Waals surface area contributed by atoms with Gasteiger partial charge in [0.05, 0.1) is 5.52 Å². The van der Waals surface area contributed by atoms with Crippen molar-refractivity contribution in [2.75, 3.05) is 0 Å². The molecule has 1 N–H and O–H groups in total. The molecule has 0 aliphatic carbocycles. The Labute approximate surface area is 81.7 Å². The molecule has 2 aromatic rings. The third kappa shape index (κ3) is 1.35. The monoisotopic (exact) mass is 191 g/mol. The molecule has 0 aliphatic rings. The van der Waals surface area contributed by atoms with Crippen molar-refractivity contribution in [3.63, 3.8) is 0 Å². The Morgan fingerprint density at radius 1 is 1.50 bits per heavy atom. The van der Waals surface area contributed by atoms with Crippen LogP contribution >= 0.6 is 0 Å². The summed E-state index contributed by atoms with van der Waals surface area (Å²) >= 11 is 0. The van der Waals surface area contributed by atoms with Crippen LogP contribution in [0.5, 0.6) is 0 Å². The van der Waals surface area contributed by atoms with Gasteiger partial charge in [-0.15, -0.1) is 0 Å². The fraction of sp³-hybridized carbons (Fsp3) is 0.364. The maximum Gasteiger partial charge on any atom is 0.417 e. The van der Waals surface area contributed by atoms with E-state index in [4.69, 9.17) is 4.42 Å². The molecule has 0 spiro atoms. The van der Waals surface area contributed by atoms with Crippen LogP contribution in [0.1, 0.15) is 31.7 Å². The van der Waals surface area contributed by atoms with E-state index in [0.717, 1.165) is 17.5 Å². The summed E-state index contributed by atoms with van der Waals surface area (Å²) in [5.74, 6) is 0.0581. The van der Waals surface area contributed by atoms with E-state index in [1.54, 1.807) is 6.07 Å². The minimum Gasteiger partial charge on any atom is -0.408 e. The Balaban J connectivity index is 2.70. The number of oxazole rings is 1. The predicted molar refractivity (Wildman–Crippen MR) is 55.5 cm³/mol. The molecule has 14 heavy (non-hydrogen) atoms. The zero-order valence-corrected chi connectivity index (χ0v) is 8.33. The molecule has 3 nitrogen and oxygen atoms in total. The molecular formula is C11H13NO2. The first kappa shape index (κ1) is 9.06. The summed E-state index contributed by atoms with van der Waals surface area (Å²) in [6.07, 6.45) is 1.05. The quantitative estimate of drug-likeness (QED) is 0.793. The normalized spacial score (nSPS) is 13.3. The number of fused-ring (bicyclic) bond motifs is 1. The molecule has 0 saturated carbocycles. The highest BCUT2D eigenvalue weighted by Gasteiger charge is 2.10. The van der Waals surface area contributed by atoms with Crippen molar-refractivity contribution >= 4 is 11.1 Å². The largest absolute Gasteiger partial charge is 0.417 e. The second kappa shape index (κ2) is 3.33. The van der Waals surface area contributed by atoms with Gasteiger partial charge < -0.3 is 4.42 Å². The van der Waals surface area contributed by atoms with E-state index in [2.05, 4.69) is 18.8 Å². The predicted octanol–water partition coefficient (Wildman–Crippen LogP) is 2.63.